The average molecular weight is 298 g/mol. The van der Waals surface area contributed by atoms with E-state index in [1.54, 1.807) is 6.08 Å². The van der Waals surface area contributed by atoms with Gasteiger partial charge in [0.2, 0.25) is 0 Å². The van der Waals surface area contributed by atoms with Crippen molar-refractivity contribution in [3.8, 4) is 0 Å². The zero-order valence-corrected chi connectivity index (χ0v) is 9.94. The number of halogens is 2. The van der Waals surface area contributed by atoms with Crippen molar-refractivity contribution in [3.05, 3.63) is 11.6 Å². The summed E-state index contributed by atoms with van der Waals surface area (Å²) in [5.74, 6) is -0.303. The van der Waals surface area contributed by atoms with Gasteiger partial charge in [0.05, 0.1) is 16.2 Å². The zero-order valence-electron chi connectivity index (χ0n) is 6.77. The Bertz CT molecular complexity index is 191. The van der Waals surface area contributed by atoms with Gasteiger partial charge < -0.3 is 0 Å². The molecule has 0 atom stereocenters. The van der Waals surface area contributed by atoms with Gasteiger partial charge in [0.25, 0.3) is 0 Å². The third-order valence-corrected chi connectivity index (χ3v) is 2.27. The fourth-order valence-electron chi connectivity index (χ4n) is 0.731. The molecule has 0 aromatic carbocycles. The second kappa shape index (κ2) is 6.54. The Morgan fingerprint density at radius 1 is 1.17 bits per heavy atom. The van der Waals surface area contributed by atoms with Crippen molar-refractivity contribution in [1.29, 1.82) is 0 Å². The predicted octanol–water partition coefficient (Wildman–Crippen LogP) is 2.25. The largest absolute Gasteiger partial charge is 0.293 e. The first kappa shape index (κ1) is 12.0. The molecule has 0 aromatic heterocycles. The summed E-state index contributed by atoms with van der Waals surface area (Å²) in [5, 5.41) is 0.412. The van der Waals surface area contributed by atoms with E-state index in [4.69, 9.17) is 0 Å². The van der Waals surface area contributed by atoms with Crippen LogP contribution in [0.15, 0.2) is 11.6 Å². The second-order valence-electron chi connectivity index (χ2n) is 2.14. The summed E-state index contributed by atoms with van der Waals surface area (Å²) in [6, 6.07) is 0. The highest BCUT2D eigenvalue weighted by Crippen LogP contribution is 2.05. The highest BCUT2D eigenvalue weighted by atomic mass is 79.9. The summed E-state index contributed by atoms with van der Waals surface area (Å²) < 4.78 is 0. The van der Waals surface area contributed by atoms with Gasteiger partial charge >= 0.3 is 0 Å². The van der Waals surface area contributed by atoms with Gasteiger partial charge in [-0.05, 0) is 6.42 Å². The summed E-state index contributed by atoms with van der Waals surface area (Å²) >= 11 is 6.05. The summed E-state index contributed by atoms with van der Waals surface area (Å²) in [6.45, 7) is 1.89. The van der Waals surface area contributed by atoms with E-state index in [1.807, 2.05) is 6.92 Å². The van der Waals surface area contributed by atoms with Crippen molar-refractivity contribution in [3.63, 3.8) is 0 Å². The van der Waals surface area contributed by atoms with E-state index in [1.165, 1.54) is 0 Å². The van der Waals surface area contributed by atoms with Crippen LogP contribution in [0.25, 0.3) is 0 Å². The smallest absolute Gasteiger partial charge is 0.176 e. The Morgan fingerprint density at radius 3 is 1.83 bits per heavy atom. The van der Waals surface area contributed by atoms with Crippen molar-refractivity contribution in [2.75, 3.05) is 10.7 Å². The SMILES string of the molecule is CCC=C(C(=O)CBr)C(=O)CBr. The molecule has 0 N–H and O–H groups in total. The van der Waals surface area contributed by atoms with Gasteiger partial charge in [0.15, 0.2) is 11.6 Å². The molecule has 0 radical (unpaired) electrons. The summed E-state index contributed by atoms with van der Waals surface area (Å²) in [5.41, 5.74) is 0.297. The minimum atomic E-state index is -0.152. The lowest BCUT2D eigenvalue weighted by Crippen LogP contribution is -2.14. The van der Waals surface area contributed by atoms with Gasteiger partial charge in [-0.2, -0.15) is 0 Å². The van der Waals surface area contributed by atoms with E-state index in [9.17, 15) is 9.59 Å². The lowest BCUT2D eigenvalue weighted by Gasteiger charge is -1.99. The molecule has 0 bridgehead atoms. The molecule has 0 saturated heterocycles. The lowest BCUT2D eigenvalue weighted by molar-refractivity contribution is -0.118. The molecule has 4 heteroatoms. The predicted molar refractivity (Wildman–Crippen MR) is 56.0 cm³/mol. The number of alkyl halides is 2. The number of rotatable bonds is 5. The molecule has 12 heavy (non-hydrogen) atoms. The van der Waals surface area contributed by atoms with E-state index in [0.717, 1.165) is 0 Å². The normalized spacial score (nSPS) is 9.25. The Balaban J connectivity index is 4.55. The maximum atomic E-state index is 11.1. The number of carbonyl (C=O) groups is 2. The van der Waals surface area contributed by atoms with Crippen molar-refractivity contribution in [2.24, 2.45) is 0 Å². The fourth-order valence-corrected chi connectivity index (χ4v) is 1.34. The van der Waals surface area contributed by atoms with E-state index >= 15 is 0 Å². The van der Waals surface area contributed by atoms with Gasteiger partial charge in [0, 0.05) is 0 Å². The molecule has 0 amide bonds. The number of carbonyl (C=O) groups excluding carboxylic acids is 2. The molecule has 0 aliphatic heterocycles. The lowest BCUT2D eigenvalue weighted by atomic mass is 10.1. The summed E-state index contributed by atoms with van der Waals surface area (Å²) in [6.07, 6.45) is 2.36. The van der Waals surface area contributed by atoms with Crippen LogP contribution >= 0.6 is 31.9 Å². The van der Waals surface area contributed by atoms with Crippen LogP contribution in [0.4, 0.5) is 0 Å². The highest BCUT2D eigenvalue weighted by molar-refractivity contribution is 9.09. The van der Waals surface area contributed by atoms with Crippen molar-refractivity contribution >= 4 is 43.4 Å². The van der Waals surface area contributed by atoms with Crippen molar-refractivity contribution in [2.45, 2.75) is 13.3 Å². The maximum absolute atomic E-state index is 11.1. The van der Waals surface area contributed by atoms with Gasteiger partial charge in [-0.1, -0.05) is 44.9 Å². The quantitative estimate of drug-likeness (QED) is 0.338. The molecule has 0 fully saturated rings. The third kappa shape index (κ3) is 3.63. The van der Waals surface area contributed by atoms with E-state index in [2.05, 4.69) is 31.9 Å². The summed E-state index contributed by atoms with van der Waals surface area (Å²) in [4.78, 5) is 22.3. The van der Waals surface area contributed by atoms with Gasteiger partial charge in [-0.25, -0.2) is 0 Å². The molecule has 2 nitrogen and oxygen atoms in total. The molecule has 0 rings (SSSR count). The number of ketones is 2. The molecule has 0 aliphatic rings. The van der Waals surface area contributed by atoms with Crippen molar-refractivity contribution < 1.29 is 9.59 Å². The van der Waals surface area contributed by atoms with Crippen LogP contribution in [0.2, 0.25) is 0 Å². The molecular weight excluding hydrogens is 288 g/mol. The Labute approximate surface area is 88.7 Å². The van der Waals surface area contributed by atoms with E-state index < -0.39 is 0 Å². The molecule has 0 saturated carbocycles. The third-order valence-electron chi connectivity index (χ3n) is 1.25. The van der Waals surface area contributed by atoms with Crippen LogP contribution < -0.4 is 0 Å². The van der Waals surface area contributed by atoms with Crippen LogP contribution in [0.5, 0.6) is 0 Å². The fraction of sp³-hybridized carbons (Fsp3) is 0.500. The Kier molecular flexibility index (Phi) is 6.57. The number of allylic oxidation sites excluding steroid dienone is 2. The second-order valence-corrected chi connectivity index (χ2v) is 3.26. The van der Waals surface area contributed by atoms with Crippen LogP contribution in [0.3, 0.4) is 0 Å². The average Bonchev–Trinajstić information content (AvgIpc) is 2.11. The molecule has 0 heterocycles. The first-order valence-corrected chi connectivity index (χ1v) is 5.80. The number of hydrogen-bond donors (Lipinski definition) is 0. The van der Waals surface area contributed by atoms with Crippen LogP contribution in [0.1, 0.15) is 13.3 Å². The first-order chi connectivity index (χ1) is 5.67. The molecular formula is C8H10Br2O2. The van der Waals surface area contributed by atoms with Gasteiger partial charge in [-0.15, -0.1) is 0 Å². The molecule has 0 aliphatic carbocycles. The molecule has 68 valence electrons. The Morgan fingerprint density at radius 2 is 1.58 bits per heavy atom. The number of hydrogen-bond acceptors (Lipinski definition) is 2. The maximum Gasteiger partial charge on any atom is 0.176 e. The standard InChI is InChI=1S/C8H10Br2O2/c1-2-3-6(7(11)4-9)8(12)5-10/h3H,2,4-5H2,1H3. The molecule has 0 aromatic rings. The van der Waals surface area contributed by atoms with Crippen LogP contribution in [-0.2, 0) is 9.59 Å². The van der Waals surface area contributed by atoms with Gasteiger partial charge in [-0.3, -0.25) is 9.59 Å². The highest BCUT2D eigenvalue weighted by Gasteiger charge is 2.14. The molecule has 0 spiro atoms. The molecule has 0 unspecified atom stereocenters. The minimum Gasteiger partial charge on any atom is -0.293 e. The van der Waals surface area contributed by atoms with Crippen LogP contribution in [-0.4, -0.2) is 22.2 Å². The van der Waals surface area contributed by atoms with E-state index in [0.29, 0.717) is 12.0 Å². The Hall–Kier alpha value is 0.0400. The zero-order chi connectivity index (χ0) is 9.56. The number of Topliss-reactive ketones (excluding diaryl/α,β-unsaturated/α-hetero) is 2. The first-order valence-electron chi connectivity index (χ1n) is 3.55. The van der Waals surface area contributed by atoms with Crippen LogP contribution in [0, 0.1) is 0 Å². The van der Waals surface area contributed by atoms with Crippen molar-refractivity contribution in [1.82, 2.24) is 0 Å². The van der Waals surface area contributed by atoms with Gasteiger partial charge in [0.1, 0.15) is 0 Å². The minimum absolute atomic E-state index is 0.152. The van der Waals surface area contributed by atoms with E-state index in [-0.39, 0.29) is 22.2 Å². The topological polar surface area (TPSA) is 34.1 Å². The monoisotopic (exact) mass is 296 g/mol. The summed E-state index contributed by atoms with van der Waals surface area (Å²) in [7, 11) is 0.